The summed E-state index contributed by atoms with van der Waals surface area (Å²) in [6.07, 6.45) is 3.33. The highest BCUT2D eigenvalue weighted by Crippen LogP contribution is 2.25. The van der Waals surface area contributed by atoms with Crippen molar-refractivity contribution in [2.24, 2.45) is 5.84 Å². The number of aromatic nitrogens is 5. The van der Waals surface area contributed by atoms with Crippen LogP contribution in [-0.4, -0.2) is 24.7 Å². The summed E-state index contributed by atoms with van der Waals surface area (Å²) in [5, 5.41) is 4.48. The molecule has 0 bridgehead atoms. The van der Waals surface area contributed by atoms with E-state index in [0.717, 1.165) is 4.90 Å². The van der Waals surface area contributed by atoms with Crippen molar-refractivity contribution in [2.75, 3.05) is 5.43 Å². The van der Waals surface area contributed by atoms with Crippen LogP contribution in [0.1, 0.15) is 0 Å². The van der Waals surface area contributed by atoms with E-state index in [-0.39, 0.29) is 11.8 Å². The number of halogens is 1. The Hall–Kier alpha value is -2.52. The Labute approximate surface area is 123 Å². The third kappa shape index (κ3) is 3.15. The number of hydrogen-bond donors (Lipinski definition) is 2. The van der Waals surface area contributed by atoms with Crippen LogP contribution in [0, 0.1) is 5.82 Å². The third-order valence-corrected chi connectivity index (χ3v) is 3.34. The Kier molecular flexibility index (Phi) is 3.75. The largest absolute Gasteiger partial charge is 0.292 e. The van der Waals surface area contributed by atoms with Crippen molar-refractivity contribution < 1.29 is 4.39 Å². The first kappa shape index (κ1) is 13.5. The Morgan fingerprint density at radius 2 is 1.95 bits per heavy atom. The van der Waals surface area contributed by atoms with E-state index in [1.54, 1.807) is 30.6 Å². The molecule has 0 aliphatic rings. The lowest BCUT2D eigenvalue weighted by atomic mass is 10.4. The molecule has 7 nitrogen and oxygen atoms in total. The molecule has 0 radical (unpaired) electrons. The SMILES string of the molecule is NNc1nc(Sc2ccc(F)cc2)nc(-n2cccn2)n1. The van der Waals surface area contributed by atoms with E-state index in [4.69, 9.17) is 5.84 Å². The summed E-state index contributed by atoms with van der Waals surface area (Å²) in [5.41, 5.74) is 2.39. The van der Waals surface area contributed by atoms with Crippen LogP contribution >= 0.6 is 11.8 Å². The topological polar surface area (TPSA) is 94.5 Å². The van der Waals surface area contributed by atoms with Crippen molar-refractivity contribution in [1.29, 1.82) is 0 Å². The first-order chi connectivity index (χ1) is 10.2. The summed E-state index contributed by atoms with van der Waals surface area (Å²) in [4.78, 5) is 13.4. The highest BCUT2D eigenvalue weighted by atomic mass is 32.2. The minimum atomic E-state index is -0.295. The smallest absolute Gasteiger partial charge is 0.256 e. The highest BCUT2D eigenvalue weighted by Gasteiger charge is 2.09. The normalized spacial score (nSPS) is 10.6. The van der Waals surface area contributed by atoms with Crippen LogP contribution in [0.4, 0.5) is 10.3 Å². The van der Waals surface area contributed by atoms with Crippen molar-refractivity contribution in [3.63, 3.8) is 0 Å². The first-order valence-corrected chi connectivity index (χ1v) is 6.72. The number of hydrogen-bond acceptors (Lipinski definition) is 7. The van der Waals surface area contributed by atoms with E-state index in [9.17, 15) is 4.39 Å². The van der Waals surface area contributed by atoms with Gasteiger partial charge in [-0.3, -0.25) is 5.43 Å². The number of nitrogens with one attached hydrogen (secondary N) is 1. The predicted molar refractivity (Wildman–Crippen MR) is 75.3 cm³/mol. The monoisotopic (exact) mass is 303 g/mol. The number of nitrogens with two attached hydrogens (primary N) is 1. The average Bonchev–Trinajstić information content (AvgIpc) is 3.04. The fraction of sp³-hybridized carbons (Fsp3) is 0. The fourth-order valence-electron chi connectivity index (χ4n) is 1.55. The average molecular weight is 303 g/mol. The summed E-state index contributed by atoms with van der Waals surface area (Å²) in [7, 11) is 0. The molecular weight excluding hydrogens is 293 g/mol. The summed E-state index contributed by atoms with van der Waals surface area (Å²) < 4.78 is 14.4. The van der Waals surface area contributed by atoms with Gasteiger partial charge in [0, 0.05) is 17.3 Å². The second kappa shape index (κ2) is 5.85. The maximum atomic E-state index is 12.9. The van der Waals surface area contributed by atoms with E-state index in [1.165, 1.54) is 28.6 Å². The molecule has 0 saturated heterocycles. The van der Waals surface area contributed by atoms with Gasteiger partial charge in [0.25, 0.3) is 5.95 Å². The molecule has 3 rings (SSSR count). The zero-order valence-electron chi connectivity index (χ0n) is 10.6. The fourth-order valence-corrected chi connectivity index (χ4v) is 2.30. The maximum absolute atomic E-state index is 12.9. The molecule has 0 unspecified atom stereocenters. The molecule has 0 aliphatic heterocycles. The molecule has 2 aromatic heterocycles. The van der Waals surface area contributed by atoms with Crippen molar-refractivity contribution >= 4 is 17.7 Å². The van der Waals surface area contributed by atoms with Gasteiger partial charge in [0.15, 0.2) is 5.16 Å². The Morgan fingerprint density at radius 3 is 2.62 bits per heavy atom. The lowest BCUT2D eigenvalue weighted by molar-refractivity contribution is 0.626. The predicted octanol–water partition coefficient (Wildman–Crippen LogP) is 1.63. The van der Waals surface area contributed by atoms with Crippen LogP contribution in [-0.2, 0) is 0 Å². The molecule has 0 amide bonds. The second-order valence-electron chi connectivity index (χ2n) is 3.89. The van der Waals surface area contributed by atoms with Gasteiger partial charge in [0.05, 0.1) is 0 Å². The zero-order chi connectivity index (χ0) is 14.7. The third-order valence-electron chi connectivity index (χ3n) is 2.46. The summed E-state index contributed by atoms with van der Waals surface area (Å²) in [5.74, 6) is 5.63. The molecule has 2 heterocycles. The van der Waals surface area contributed by atoms with Crippen LogP contribution in [0.2, 0.25) is 0 Å². The minimum Gasteiger partial charge on any atom is -0.292 e. The van der Waals surface area contributed by atoms with E-state index >= 15 is 0 Å². The van der Waals surface area contributed by atoms with Crippen molar-refractivity contribution in [2.45, 2.75) is 10.1 Å². The number of hydrazine groups is 1. The number of nitrogen functional groups attached to an aromatic ring is 1. The molecule has 1 aromatic carbocycles. The van der Waals surface area contributed by atoms with Gasteiger partial charge in [-0.25, -0.2) is 14.9 Å². The Morgan fingerprint density at radius 1 is 1.14 bits per heavy atom. The maximum Gasteiger partial charge on any atom is 0.256 e. The highest BCUT2D eigenvalue weighted by molar-refractivity contribution is 7.99. The van der Waals surface area contributed by atoms with E-state index in [0.29, 0.717) is 11.1 Å². The first-order valence-electron chi connectivity index (χ1n) is 5.91. The standard InChI is InChI=1S/C12H10FN7S/c13-8-2-4-9(5-3-8)21-12-17-10(19-14)16-11(18-12)20-7-1-6-15-20/h1-7H,14H2,(H,16,17,18,19). The van der Waals surface area contributed by atoms with Crippen LogP contribution < -0.4 is 11.3 Å². The minimum absolute atomic E-state index is 0.222. The number of benzene rings is 1. The van der Waals surface area contributed by atoms with Crippen molar-refractivity contribution in [3.05, 3.63) is 48.5 Å². The van der Waals surface area contributed by atoms with E-state index in [2.05, 4.69) is 25.5 Å². The summed E-state index contributed by atoms with van der Waals surface area (Å²) in [6.45, 7) is 0. The van der Waals surface area contributed by atoms with Crippen molar-refractivity contribution in [1.82, 2.24) is 24.7 Å². The Bertz CT molecular complexity index is 730. The lowest BCUT2D eigenvalue weighted by Crippen LogP contribution is -2.14. The summed E-state index contributed by atoms with van der Waals surface area (Å²) >= 11 is 1.27. The molecule has 21 heavy (non-hydrogen) atoms. The molecule has 3 aromatic rings. The van der Waals surface area contributed by atoms with Gasteiger partial charge < -0.3 is 0 Å². The molecule has 0 atom stereocenters. The lowest BCUT2D eigenvalue weighted by Gasteiger charge is -2.06. The molecule has 0 saturated carbocycles. The second-order valence-corrected chi connectivity index (χ2v) is 4.93. The van der Waals surface area contributed by atoms with Gasteiger partial charge in [0.2, 0.25) is 5.95 Å². The van der Waals surface area contributed by atoms with Crippen LogP contribution in [0.25, 0.3) is 5.95 Å². The van der Waals surface area contributed by atoms with Crippen molar-refractivity contribution in [3.8, 4) is 5.95 Å². The summed E-state index contributed by atoms with van der Waals surface area (Å²) in [6, 6.07) is 7.80. The van der Waals surface area contributed by atoms with Crippen LogP contribution in [0.5, 0.6) is 0 Å². The molecule has 3 N–H and O–H groups in total. The molecule has 0 spiro atoms. The molecule has 0 aliphatic carbocycles. The number of rotatable bonds is 4. The Balaban J connectivity index is 1.94. The van der Waals surface area contributed by atoms with E-state index in [1.807, 2.05) is 0 Å². The van der Waals surface area contributed by atoms with Gasteiger partial charge in [0.1, 0.15) is 5.82 Å². The number of anilines is 1. The van der Waals surface area contributed by atoms with Gasteiger partial charge in [-0.05, 0) is 42.1 Å². The van der Waals surface area contributed by atoms with Gasteiger partial charge in [-0.1, -0.05) is 0 Å². The molecule has 9 heteroatoms. The number of nitrogens with zero attached hydrogens (tertiary/aromatic N) is 5. The van der Waals surface area contributed by atoms with E-state index < -0.39 is 0 Å². The molecule has 106 valence electrons. The molecular formula is C12H10FN7S. The zero-order valence-corrected chi connectivity index (χ0v) is 11.5. The quantitative estimate of drug-likeness (QED) is 0.559. The van der Waals surface area contributed by atoms with Crippen LogP contribution in [0.15, 0.2) is 52.8 Å². The van der Waals surface area contributed by atoms with Gasteiger partial charge in [-0.15, -0.1) is 0 Å². The molecule has 0 fully saturated rings. The van der Waals surface area contributed by atoms with Crippen LogP contribution in [0.3, 0.4) is 0 Å². The van der Waals surface area contributed by atoms with Gasteiger partial charge >= 0.3 is 0 Å². The van der Waals surface area contributed by atoms with Gasteiger partial charge in [-0.2, -0.15) is 20.1 Å².